The van der Waals surface area contributed by atoms with Crippen LogP contribution >= 0.6 is 11.6 Å². The fraction of sp³-hybridized carbons (Fsp3) is 0.208. The molecule has 36 heavy (non-hydrogen) atoms. The number of nitrogens with one attached hydrogen (secondary N) is 2. The van der Waals surface area contributed by atoms with Crippen molar-refractivity contribution in [1.82, 2.24) is 0 Å². The smallest absolute Gasteiger partial charge is 0.417 e. The van der Waals surface area contributed by atoms with Crippen LogP contribution in [0.1, 0.15) is 18.9 Å². The van der Waals surface area contributed by atoms with Gasteiger partial charge in [-0.25, -0.2) is 8.42 Å². The van der Waals surface area contributed by atoms with Crippen molar-refractivity contribution in [3.8, 4) is 11.5 Å². The normalized spacial score (nSPS) is 12.5. The fourth-order valence-corrected chi connectivity index (χ4v) is 4.43. The van der Waals surface area contributed by atoms with Gasteiger partial charge in [0.05, 0.1) is 22.6 Å². The van der Waals surface area contributed by atoms with Gasteiger partial charge in [-0.15, -0.1) is 0 Å². The molecule has 3 rings (SSSR count). The van der Waals surface area contributed by atoms with Crippen LogP contribution in [0.15, 0.2) is 71.6 Å². The summed E-state index contributed by atoms with van der Waals surface area (Å²) >= 11 is 5.57. The minimum absolute atomic E-state index is 0.221. The molecule has 0 aromatic heterocycles. The van der Waals surface area contributed by atoms with Gasteiger partial charge in [0.25, 0.3) is 15.9 Å². The highest BCUT2D eigenvalue weighted by atomic mass is 35.5. The summed E-state index contributed by atoms with van der Waals surface area (Å²) in [6, 6.07) is 14.7. The van der Waals surface area contributed by atoms with Gasteiger partial charge in [0, 0.05) is 11.4 Å². The lowest BCUT2D eigenvalue weighted by Crippen LogP contribution is -2.32. The van der Waals surface area contributed by atoms with E-state index in [-0.39, 0.29) is 10.6 Å². The van der Waals surface area contributed by atoms with Gasteiger partial charge in [0.2, 0.25) is 0 Å². The molecule has 3 aromatic carbocycles. The maximum Gasteiger partial charge on any atom is 0.417 e. The standard InChI is InChI=1S/C24H22ClF3N2O5S/c1-3-20(35-22-7-5-4-6-21(22)34-2)23(31)29-15-8-11-17(12-9-15)36(32,33)30-16-10-13-19(25)18(14-16)24(26,27)28/h4-14,20,30H,3H2,1-2H3,(H,29,31)/t20-/m1/s1. The van der Waals surface area contributed by atoms with E-state index >= 15 is 0 Å². The second kappa shape index (κ2) is 11.1. The number of para-hydroxylation sites is 2. The third kappa shape index (κ3) is 6.61. The molecule has 0 aliphatic heterocycles. The number of benzene rings is 3. The quantitative estimate of drug-likeness (QED) is 0.348. The first kappa shape index (κ1) is 27.2. The summed E-state index contributed by atoms with van der Waals surface area (Å²) in [6.45, 7) is 1.77. The van der Waals surface area contributed by atoms with E-state index in [1.807, 2.05) is 0 Å². The Balaban J connectivity index is 1.71. The second-order valence-corrected chi connectivity index (χ2v) is 9.57. The molecular weight excluding hydrogens is 521 g/mol. The second-order valence-electron chi connectivity index (χ2n) is 7.48. The number of rotatable bonds is 9. The van der Waals surface area contributed by atoms with Gasteiger partial charge in [-0.2, -0.15) is 13.2 Å². The predicted molar refractivity (Wildman–Crippen MR) is 130 cm³/mol. The summed E-state index contributed by atoms with van der Waals surface area (Å²) in [4.78, 5) is 12.5. The molecule has 1 atom stereocenters. The van der Waals surface area contributed by atoms with E-state index in [0.29, 0.717) is 29.7 Å². The largest absolute Gasteiger partial charge is 0.493 e. The average molecular weight is 543 g/mol. The van der Waals surface area contributed by atoms with Gasteiger partial charge < -0.3 is 14.8 Å². The third-order valence-corrected chi connectivity index (χ3v) is 6.68. The van der Waals surface area contributed by atoms with Gasteiger partial charge >= 0.3 is 6.18 Å². The molecule has 0 heterocycles. The van der Waals surface area contributed by atoms with Crippen molar-refractivity contribution in [2.75, 3.05) is 17.1 Å². The number of anilines is 2. The number of carbonyl (C=O) groups is 1. The molecular formula is C24H22ClF3N2O5S. The number of ether oxygens (including phenoxy) is 2. The number of carbonyl (C=O) groups excluding carboxylic acids is 1. The van der Waals surface area contributed by atoms with Crippen molar-refractivity contribution in [3.05, 3.63) is 77.3 Å². The van der Waals surface area contributed by atoms with E-state index < -0.39 is 38.8 Å². The molecule has 192 valence electrons. The molecule has 7 nitrogen and oxygen atoms in total. The highest BCUT2D eigenvalue weighted by Gasteiger charge is 2.33. The van der Waals surface area contributed by atoms with Crippen molar-refractivity contribution < 1.29 is 35.9 Å². The monoisotopic (exact) mass is 542 g/mol. The molecule has 0 spiro atoms. The van der Waals surface area contributed by atoms with Crippen LogP contribution in [0.2, 0.25) is 5.02 Å². The molecule has 0 saturated carbocycles. The Morgan fingerprint density at radius 2 is 1.61 bits per heavy atom. The Bertz CT molecular complexity index is 1330. The molecule has 0 bridgehead atoms. The van der Waals surface area contributed by atoms with Crippen LogP contribution < -0.4 is 19.5 Å². The van der Waals surface area contributed by atoms with E-state index in [2.05, 4.69) is 10.0 Å². The van der Waals surface area contributed by atoms with Crippen LogP contribution in [0.5, 0.6) is 11.5 Å². The molecule has 0 aliphatic rings. The average Bonchev–Trinajstić information content (AvgIpc) is 2.83. The molecule has 0 saturated heterocycles. The lowest BCUT2D eigenvalue weighted by molar-refractivity contribution is -0.137. The van der Waals surface area contributed by atoms with Crippen LogP contribution in [-0.4, -0.2) is 27.5 Å². The van der Waals surface area contributed by atoms with E-state index in [4.69, 9.17) is 21.1 Å². The first-order chi connectivity index (χ1) is 16.9. The summed E-state index contributed by atoms with van der Waals surface area (Å²) < 4.78 is 77.6. The zero-order chi connectivity index (χ0) is 26.5. The molecule has 12 heteroatoms. The van der Waals surface area contributed by atoms with Gasteiger partial charge in [-0.05, 0) is 61.0 Å². The Hall–Kier alpha value is -3.44. The number of sulfonamides is 1. The van der Waals surface area contributed by atoms with E-state index in [0.717, 1.165) is 12.1 Å². The number of hydrogen-bond acceptors (Lipinski definition) is 5. The van der Waals surface area contributed by atoms with Gasteiger partial charge in [0.15, 0.2) is 17.6 Å². The van der Waals surface area contributed by atoms with Crippen LogP contribution in [0, 0.1) is 0 Å². The predicted octanol–water partition coefficient (Wildman–Crippen LogP) is 5.96. The lowest BCUT2D eigenvalue weighted by atomic mass is 10.2. The zero-order valence-corrected chi connectivity index (χ0v) is 20.7. The van der Waals surface area contributed by atoms with Crippen molar-refractivity contribution in [3.63, 3.8) is 0 Å². The van der Waals surface area contributed by atoms with Crippen LogP contribution in [-0.2, 0) is 21.0 Å². The van der Waals surface area contributed by atoms with Gasteiger partial charge in [-0.1, -0.05) is 30.7 Å². The van der Waals surface area contributed by atoms with E-state index in [1.165, 1.54) is 31.4 Å². The SMILES string of the molecule is CC[C@@H](Oc1ccccc1OC)C(=O)Nc1ccc(S(=O)(=O)Nc2ccc(Cl)c(C(F)(F)F)c2)cc1. The summed E-state index contributed by atoms with van der Waals surface area (Å²) in [5.41, 5.74) is -1.17. The number of amides is 1. The van der Waals surface area contributed by atoms with Crippen molar-refractivity contribution in [2.45, 2.75) is 30.5 Å². The summed E-state index contributed by atoms with van der Waals surface area (Å²) in [6.07, 6.45) is -5.25. The number of methoxy groups -OCH3 is 1. The van der Waals surface area contributed by atoms with E-state index in [9.17, 15) is 26.4 Å². The number of halogens is 4. The minimum atomic E-state index is -4.75. The van der Waals surface area contributed by atoms with Crippen molar-refractivity contribution >= 4 is 38.9 Å². The molecule has 1 amide bonds. The van der Waals surface area contributed by atoms with Crippen LogP contribution in [0.3, 0.4) is 0 Å². The van der Waals surface area contributed by atoms with Crippen molar-refractivity contribution in [1.29, 1.82) is 0 Å². The number of hydrogen-bond donors (Lipinski definition) is 2. The lowest BCUT2D eigenvalue weighted by Gasteiger charge is -2.19. The summed E-state index contributed by atoms with van der Waals surface area (Å²) in [7, 11) is -2.73. The molecule has 0 aliphatic carbocycles. The van der Waals surface area contributed by atoms with Gasteiger partial charge in [-0.3, -0.25) is 9.52 Å². The number of alkyl halides is 3. The summed E-state index contributed by atoms with van der Waals surface area (Å²) in [5.74, 6) is 0.400. The highest BCUT2D eigenvalue weighted by Crippen LogP contribution is 2.36. The molecule has 0 unspecified atom stereocenters. The Labute approximate surface area is 211 Å². The Morgan fingerprint density at radius 3 is 2.19 bits per heavy atom. The first-order valence-corrected chi connectivity index (χ1v) is 12.4. The molecule has 2 N–H and O–H groups in total. The van der Waals surface area contributed by atoms with Crippen molar-refractivity contribution in [2.24, 2.45) is 0 Å². The zero-order valence-electron chi connectivity index (χ0n) is 19.1. The summed E-state index contributed by atoms with van der Waals surface area (Å²) in [5, 5.41) is 2.10. The topological polar surface area (TPSA) is 93.7 Å². The first-order valence-electron chi connectivity index (χ1n) is 10.5. The molecule has 0 radical (unpaired) electrons. The van der Waals surface area contributed by atoms with Gasteiger partial charge in [0.1, 0.15) is 0 Å². The molecule has 0 fully saturated rings. The minimum Gasteiger partial charge on any atom is -0.493 e. The third-order valence-electron chi connectivity index (χ3n) is 4.96. The van der Waals surface area contributed by atoms with Crippen LogP contribution in [0.4, 0.5) is 24.5 Å². The maximum absolute atomic E-state index is 13.1. The Kier molecular flexibility index (Phi) is 8.36. The van der Waals surface area contributed by atoms with Crippen LogP contribution in [0.25, 0.3) is 0 Å². The maximum atomic E-state index is 13.1. The molecule has 3 aromatic rings. The highest BCUT2D eigenvalue weighted by molar-refractivity contribution is 7.92. The fourth-order valence-electron chi connectivity index (χ4n) is 3.15. The van der Waals surface area contributed by atoms with E-state index in [1.54, 1.807) is 31.2 Å². The Morgan fingerprint density at radius 1 is 1.00 bits per heavy atom.